The Balaban J connectivity index is 0.00000176. The molecule has 0 aliphatic heterocycles. The molecule has 3 rings (SSSR count). The molecule has 0 nitrogen and oxygen atoms in total. The topological polar surface area (TPSA) is 0 Å². The average molecular weight is 459 g/mol. The Morgan fingerprint density at radius 1 is 0.636 bits per heavy atom. The van der Waals surface area contributed by atoms with E-state index >= 15 is 0 Å². The van der Waals surface area contributed by atoms with Crippen molar-refractivity contribution in [2.75, 3.05) is 0 Å². The molecule has 0 aromatic heterocycles. The summed E-state index contributed by atoms with van der Waals surface area (Å²) in [6.45, 7) is 0. The van der Waals surface area contributed by atoms with Crippen LogP contribution in [-0.2, 0) is 0 Å². The van der Waals surface area contributed by atoms with Gasteiger partial charge >= 0.3 is 0 Å². The molecule has 22 heavy (non-hydrogen) atoms. The van der Waals surface area contributed by atoms with Crippen LogP contribution < -0.4 is 0 Å². The molecule has 0 bridgehead atoms. The molecule has 0 radical (unpaired) electrons. The number of hydrogen-bond donors (Lipinski definition) is 1. The zero-order valence-electron chi connectivity index (χ0n) is 11.5. The van der Waals surface area contributed by atoms with Crippen molar-refractivity contribution in [1.82, 2.24) is 0 Å². The number of benzene rings is 3. The van der Waals surface area contributed by atoms with E-state index in [1.807, 2.05) is 60.7 Å². The fraction of sp³-hybridized carbons (Fsp3) is 0. The maximum atomic E-state index is 5.98. The molecule has 0 saturated heterocycles. The minimum absolute atomic E-state index is 0. The van der Waals surface area contributed by atoms with E-state index in [1.165, 1.54) is 0 Å². The molecule has 0 amide bonds. The van der Waals surface area contributed by atoms with E-state index in [9.17, 15) is 0 Å². The van der Waals surface area contributed by atoms with Gasteiger partial charge in [-0.1, -0.05) is 59.6 Å². The predicted octanol–water partition coefficient (Wildman–Crippen LogP) is 7.23. The first-order chi connectivity index (χ1) is 10.1. The molecule has 0 N–H and O–H groups in total. The third-order valence-electron chi connectivity index (χ3n) is 3.33. The van der Waals surface area contributed by atoms with Gasteiger partial charge in [-0.3, -0.25) is 0 Å². The first-order valence-corrected chi connectivity index (χ1v) is 7.69. The van der Waals surface area contributed by atoms with Crippen molar-refractivity contribution >= 4 is 59.8 Å². The van der Waals surface area contributed by atoms with Gasteiger partial charge in [0.1, 0.15) is 0 Å². The van der Waals surface area contributed by atoms with Crippen molar-refractivity contribution in [2.45, 2.75) is 4.90 Å². The summed E-state index contributed by atoms with van der Waals surface area (Å²) >= 11 is 16.6. The van der Waals surface area contributed by atoms with Gasteiger partial charge < -0.3 is 0 Å². The Bertz CT molecular complexity index is 768. The first-order valence-electron chi connectivity index (χ1n) is 6.49. The van der Waals surface area contributed by atoms with E-state index in [0.717, 1.165) is 37.2 Å². The van der Waals surface area contributed by atoms with Crippen LogP contribution in [0.2, 0.25) is 10.0 Å². The minimum Gasteiger partial charge on any atom is -0.143 e. The number of hydrogen-bond acceptors (Lipinski definition) is 1. The lowest BCUT2D eigenvalue weighted by Crippen LogP contribution is -1.87. The van der Waals surface area contributed by atoms with Crippen LogP contribution >= 0.6 is 59.8 Å². The molecule has 0 spiro atoms. The zero-order valence-corrected chi connectivity index (χ0v) is 16.2. The van der Waals surface area contributed by atoms with Gasteiger partial charge in [0, 0.05) is 20.5 Å². The van der Waals surface area contributed by atoms with Crippen LogP contribution in [0.4, 0.5) is 0 Å². The lowest BCUT2D eigenvalue weighted by molar-refractivity contribution is 1.45. The minimum atomic E-state index is 0. The van der Waals surface area contributed by atoms with Crippen LogP contribution in [0.1, 0.15) is 0 Å². The Kier molecular flexibility index (Phi) is 6.21. The fourth-order valence-electron chi connectivity index (χ4n) is 2.33. The van der Waals surface area contributed by atoms with Crippen LogP contribution in [0.25, 0.3) is 22.3 Å². The van der Waals surface area contributed by atoms with Gasteiger partial charge in [0.05, 0.1) is 0 Å². The number of halogens is 3. The highest BCUT2D eigenvalue weighted by atomic mass is 127. The predicted molar refractivity (Wildman–Crippen MR) is 110 cm³/mol. The molecule has 0 aliphatic carbocycles. The number of thiol groups is 1. The second kappa shape index (κ2) is 7.73. The van der Waals surface area contributed by atoms with Crippen molar-refractivity contribution in [3.63, 3.8) is 0 Å². The summed E-state index contributed by atoms with van der Waals surface area (Å²) in [6, 6.07) is 21.7. The maximum Gasteiger partial charge on any atom is 0.0406 e. The molecule has 4 heteroatoms. The van der Waals surface area contributed by atoms with Crippen molar-refractivity contribution in [3.05, 3.63) is 76.8 Å². The van der Waals surface area contributed by atoms with Gasteiger partial charge in [-0.05, 0) is 47.0 Å². The molecule has 112 valence electrons. The number of rotatable bonds is 2. The quantitative estimate of drug-likeness (QED) is 0.303. The van der Waals surface area contributed by atoms with E-state index in [-0.39, 0.29) is 24.0 Å². The van der Waals surface area contributed by atoms with Crippen molar-refractivity contribution in [3.8, 4) is 22.3 Å². The van der Waals surface area contributed by atoms with Crippen LogP contribution in [0.15, 0.2) is 71.6 Å². The highest BCUT2D eigenvalue weighted by Gasteiger charge is 2.10. The van der Waals surface area contributed by atoms with E-state index in [1.54, 1.807) is 0 Å². The normalized spacial score (nSPS) is 10.1. The first kappa shape index (κ1) is 17.7. The van der Waals surface area contributed by atoms with Crippen molar-refractivity contribution in [1.29, 1.82) is 0 Å². The van der Waals surface area contributed by atoms with E-state index in [4.69, 9.17) is 23.2 Å². The largest absolute Gasteiger partial charge is 0.143 e. The van der Waals surface area contributed by atoms with Crippen LogP contribution in [0.3, 0.4) is 0 Å². The fourth-order valence-corrected chi connectivity index (χ4v) is 2.92. The molecule has 3 aromatic rings. The molecule has 0 heterocycles. The lowest BCUT2D eigenvalue weighted by atomic mass is 9.94. The summed E-state index contributed by atoms with van der Waals surface area (Å²) in [5.41, 5.74) is 4.43. The van der Waals surface area contributed by atoms with Crippen LogP contribution in [0, 0.1) is 0 Å². The third-order valence-corrected chi connectivity index (χ3v) is 4.21. The molecule has 0 fully saturated rings. The third kappa shape index (κ3) is 3.80. The molecule has 0 unspecified atom stereocenters. The molecular weight excluding hydrogens is 446 g/mol. The summed E-state index contributed by atoms with van der Waals surface area (Å²) in [7, 11) is 0. The summed E-state index contributed by atoms with van der Waals surface area (Å²) < 4.78 is 0. The highest BCUT2D eigenvalue weighted by molar-refractivity contribution is 14.0. The molecule has 0 aliphatic rings. The van der Waals surface area contributed by atoms with Crippen LogP contribution in [0.5, 0.6) is 0 Å². The summed E-state index contributed by atoms with van der Waals surface area (Å²) in [5.74, 6) is 0. The summed E-state index contributed by atoms with van der Waals surface area (Å²) in [4.78, 5) is 0.935. The molecule has 3 aromatic carbocycles. The SMILES string of the molecule is I.Sc1cccc(-c2ccc(Cl)cc2)c1-c1ccc(Cl)cc1. The van der Waals surface area contributed by atoms with Gasteiger partial charge in [-0.25, -0.2) is 0 Å². The molecule has 0 saturated carbocycles. The molecular formula is C18H13Cl2IS. The highest BCUT2D eigenvalue weighted by Crippen LogP contribution is 2.37. The van der Waals surface area contributed by atoms with Gasteiger partial charge in [-0.15, -0.1) is 36.6 Å². The Labute approximate surface area is 162 Å². The van der Waals surface area contributed by atoms with E-state index < -0.39 is 0 Å². The van der Waals surface area contributed by atoms with Gasteiger partial charge in [0.15, 0.2) is 0 Å². The smallest absolute Gasteiger partial charge is 0.0406 e. The Hall–Kier alpha value is -0.680. The second-order valence-electron chi connectivity index (χ2n) is 4.71. The van der Waals surface area contributed by atoms with Gasteiger partial charge in [0.2, 0.25) is 0 Å². The van der Waals surface area contributed by atoms with Crippen molar-refractivity contribution in [2.24, 2.45) is 0 Å². The standard InChI is InChI=1S/C18H12Cl2S.HI/c19-14-8-4-12(5-9-14)16-2-1-3-17(21)18(16)13-6-10-15(20)11-7-13;/h1-11,21H;1H. The Morgan fingerprint density at radius 2 is 1.14 bits per heavy atom. The van der Waals surface area contributed by atoms with Crippen molar-refractivity contribution < 1.29 is 0 Å². The summed E-state index contributed by atoms with van der Waals surface area (Å²) in [6.07, 6.45) is 0. The monoisotopic (exact) mass is 458 g/mol. The van der Waals surface area contributed by atoms with E-state index in [0.29, 0.717) is 0 Å². The van der Waals surface area contributed by atoms with Gasteiger partial charge in [0.25, 0.3) is 0 Å². The summed E-state index contributed by atoms with van der Waals surface area (Å²) in [5, 5.41) is 1.46. The van der Waals surface area contributed by atoms with Gasteiger partial charge in [-0.2, -0.15) is 0 Å². The van der Waals surface area contributed by atoms with Crippen LogP contribution in [-0.4, -0.2) is 0 Å². The zero-order chi connectivity index (χ0) is 14.8. The van der Waals surface area contributed by atoms with E-state index in [2.05, 4.69) is 18.7 Å². The lowest BCUT2D eigenvalue weighted by Gasteiger charge is -2.13. The second-order valence-corrected chi connectivity index (χ2v) is 6.07. The molecule has 0 atom stereocenters. The Morgan fingerprint density at radius 3 is 1.68 bits per heavy atom. The average Bonchev–Trinajstić information content (AvgIpc) is 2.49. The maximum absolute atomic E-state index is 5.98.